The van der Waals surface area contributed by atoms with Crippen LogP contribution in [0.2, 0.25) is 0 Å². The number of pyridine rings is 1. The van der Waals surface area contributed by atoms with E-state index in [4.69, 9.17) is 9.47 Å². The predicted octanol–water partition coefficient (Wildman–Crippen LogP) is 2.40. The van der Waals surface area contributed by atoms with Crippen LogP contribution in [0.4, 0.5) is 4.79 Å². The van der Waals surface area contributed by atoms with Crippen molar-refractivity contribution in [1.82, 2.24) is 15.6 Å². The Labute approximate surface area is 173 Å². The largest absolute Gasteiger partial charge is 0.463 e. The molecular weight excluding hydrogens is 386 g/mol. The van der Waals surface area contributed by atoms with Gasteiger partial charge in [0.25, 0.3) is 0 Å². The van der Waals surface area contributed by atoms with Crippen molar-refractivity contribution in [2.24, 2.45) is 0 Å². The van der Waals surface area contributed by atoms with Crippen LogP contribution in [-0.2, 0) is 27.1 Å². The summed E-state index contributed by atoms with van der Waals surface area (Å²) in [6.45, 7) is 3.34. The number of aryl methyl sites for hydroxylation is 1. The molecule has 1 aromatic carbocycles. The first-order valence-electron chi connectivity index (χ1n) is 10.0. The van der Waals surface area contributed by atoms with Crippen LogP contribution in [-0.4, -0.2) is 42.2 Å². The molecule has 2 N–H and O–H groups in total. The van der Waals surface area contributed by atoms with Crippen LogP contribution in [0.5, 0.6) is 0 Å². The lowest BCUT2D eigenvalue weighted by atomic mass is 10.0. The number of benzene rings is 1. The van der Waals surface area contributed by atoms with Crippen LogP contribution >= 0.6 is 0 Å². The predicted molar refractivity (Wildman–Crippen MR) is 109 cm³/mol. The first kappa shape index (κ1) is 19.9. The topological polar surface area (TPSA) is 107 Å². The third-order valence-electron chi connectivity index (χ3n) is 5.34. The van der Waals surface area contributed by atoms with Crippen molar-refractivity contribution in [3.63, 3.8) is 0 Å². The quantitative estimate of drug-likeness (QED) is 0.735. The highest BCUT2D eigenvalue weighted by molar-refractivity contribution is 6.05. The number of hydrogen-bond acceptors (Lipinski definition) is 6. The maximum atomic E-state index is 13.1. The normalized spacial score (nSPS) is 17.9. The molecule has 0 unspecified atom stereocenters. The molecule has 0 spiro atoms. The minimum absolute atomic E-state index is 0.200. The van der Waals surface area contributed by atoms with Crippen molar-refractivity contribution >= 4 is 28.9 Å². The number of carbonyl (C=O) groups excluding carboxylic acids is 3. The number of nitrogens with one attached hydrogen (secondary N) is 2. The van der Waals surface area contributed by atoms with Gasteiger partial charge in [-0.15, -0.1) is 0 Å². The summed E-state index contributed by atoms with van der Waals surface area (Å²) < 4.78 is 10.7. The monoisotopic (exact) mass is 409 g/mol. The highest BCUT2D eigenvalue weighted by Crippen LogP contribution is 2.30. The van der Waals surface area contributed by atoms with Crippen LogP contribution in [0.3, 0.4) is 0 Å². The fraction of sp³-hybridized carbons (Fsp3) is 0.364. The Balaban J connectivity index is 1.65. The number of para-hydroxylation sites is 1. The Morgan fingerprint density at radius 2 is 1.97 bits per heavy atom. The molecule has 4 rings (SSSR count). The second kappa shape index (κ2) is 8.14. The van der Waals surface area contributed by atoms with E-state index in [1.807, 2.05) is 24.3 Å². The number of hydrogen-bond donors (Lipinski definition) is 2. The van der Waals surface area contributed by atoms with Crippen molar-refractivity contribution < 1.29 is 23.9 Å². The minimum Gasteiger partial charge on any atom is -0.463 e. The van der Waals surface area contributed by atoms with Crippen LogP contribution < -0.4 is 10.6 Å². The molecule has 0 saturated heterocycles. The summed E-state index contributed by atoms with van der Waals surface area (Å²) in [6, 6.07) is 6.46. The van der Waals surface area contributed by atoms with E-state index in [1.54, 1.807) is 13.8 Å². The maximum Gasteiger partial charge on any atom is 0.339 e. The first-order chi connectivity index (χ1) is 14.5. The molecule has 156 valence electrons. The Morgan fingerprint density at radius 3 is 2.77 bits per heavy atom. The number of urea groups is 1. The molecule has 8 nitrogen and oxygen atoms in total. The molecule has 0 fully saturated rings. The molecule has 1 atom stereocenters. The highest BCUT2D eigenvalue weighted by atomic mass is 16.5. The SMILES string of the molecule is CCOC(=O)C1=C(COC(=O)c2c3c(nc4ccccc24)CCC3)NC(=O)N[C@H]1C. The summed E-state index contributed by atoms with van der Waals surface area (Å²) in [5.41, 5.74) is 3.58. The van der Waals surface area contributed by atoms with E-state index in [0.717, 1.165) is 41.4 Å². The molecule has 30 heavy (non-hydrogen) atoms. The lowest BCUT2D eigenvalue weighted by Crippen LogP contribution is -2.50. The molecule has 0 radical (unpaired) electrons. The fourth-order valence-corrected chi connectivity index (χ4v) is 4.05. The zero-order valence-corrected chi connectivity index (χ0v) is 16.9. The van der Waals surface area contributed by atoms with E-state index in [1.165, 1.54) is 0 Å². The zero-order valence-electron chi connectivity index (χ0n) is 16.9. The minimum atomic E-state index is -0.558. The van der Waals surface area contributed by atoms with Crippen molar-refractivity contribution in [2.75, 3.05) is 13.2 Å². The van der Waals surface area contributed by atoms with E-state index in [-0.39, 0.29) is 24.5 Å². The second-order valence-electron chi connectivity index (χ2n) is 7.29. The number of fused-ring (bicyclic) bond motifs is 2. The Kier molecular flexibility index (Phi) is 5.39. The van der Waals surface area contributed by atoms with Crippen LogP contribution in [0.15, 0.2) is 35.5 Å². The van der Waals surface area contributed by atoms with E-state index in [0.29, 0.717) is 5.56 Å². The van der Waals surface area contributed by atoms with Crippen LogP contribution in [0.1, 0.15) is 41.9 Å². The number of ether oxygens (including phenoxy) is 2. The van der Waals surface area contributed by atoms with Crippen LogP contribution in [0.25, 0.3) is 10.9 Å². The lowest BCUT2D eigenvalue weighted by Gasteiger charge is -2.26. The van der Waals surface area contributed by atoms with E-state index >= 15 is 0 Å². The summed E-state index contributed by atoms with van der Waals surface area (Å²) >= 11 is 0. The van der Waals surface area contributed by atoms with Crippen molar-refractivity contribution in [2.45, 2.75) is 39.2 Å². The number of rotatable bonds is 5. The summed E-state index contributed by atoms with van der Waals surface area (Å²) in [5.74, 6) is -1.05. The third kappa shape index (κ3) is 3.60. The zero-order chi connectivity index (χ0) is 21.3. The number of esters is 2. The van der Waals surface area contributed by atoms with Crippen molar-refractivity contribution in [3.05, 3.63) is 52.4 Å². The number of aromatic nitrogens is 1. The van der Waals surface area contributed by atoms with E-state index in [9.17, 15) is 14.4 Å². The van der Waals surface area contributed by atoms with Crippen molar-refractivity contribution in [1.29, 1.82) is 0 Å². The molecule has 2 aliphatic rings. The molecule has 0 saturated carbocycles. The Hall–Kier alpha value is -3.42. The van der Waals surface area contributed by atoms with Gasteiger partial charge in [0.15, 0.2) is 0 Å². The van der Waals surface area contributed by atoms with Gasteiger partial charge in [-0.1, -0.05) is 18.2 Å². The average molecular weight is 409 g/mol. The molecule has 1 aliphatic heterocycles. The molecule has 8 heteroatoms. The van der Waals surface area contributed by atoms with Gasteiger partial charge in [-0.05, 0) is 44.7 Å². The highest BCUT2D eigenvalue weighted by Gasteiger charge is 2.31. The third-order valence-corrected chi connectivity index (χ3v) is 5.34. The molecule has 0 bridgehead atoms. The van der Waals surface area contributed by atoms with Gasteiger partial charge in [0.2, 0.25) is 0 Å². The molecular formula is C22H23N3O5. The molecule has 1 aliphatic carbocycles. The van der Waals surface area contributed by atoms with Crippen molar-refractivity contribution in [3.8, 4) is 0 Å². The first-order valence-corrected chi connectivity index (χ1v) is 10.0. The maximum absolute atomic E-state index is 13.1. The Bertz CT molecular complexity index is 1080. The van der Waals surface area contributed by atoms with Gasteiger partial charge < -0.3 is 20.1 Å². The van der Waals surface area contributed by atoms with Gasteiger partial charge in [-0.2, -0.15) is 0 Å². The lowest BCUT2D eigenvalue weighted by molar-refractivity contribution is -0.139. The number of amides is 2. The van der Waals surface area contributed by atoms with Gasteiger partial charge >= 0.3 is 18.0 Å². The summed E-state index contributed by atoms with van der Waals surface area (Å²) in [5, 5.41) is 5.93. The fourth-order valence-electron chi connectivity index (χ4n) is 4.05. The molecule has 1 aromatic heterocycles. The van der Waals surface area contributed by atoms with E-state index in [2.05, 4.69) is 15.6 Å². The summed E-state index contributed by atoms with van der Waals surface area (Å²) in [7, 11) is 0. The number of nitrogens with zero attached hydrogens (tertiary/aromatic N) is 1. The summed E-state index contributed by atoms with van der Waals surface area (Å²) in [6.07, 6.45) is 2.54. The average Bonchev–Trinajstić information content (AvgIpc) is 3.17. The van der Waals surface area contributed by atoms with Gasteiger partial charge in [0.1, 0.15) is 6.61 Å². The Morgan fingerprint density at radius 1 is 1.17 bits per heavy atom. The van der Waals surface area contributed by atoms with Gasteiger partial charge in [0, 0.05) is 11.1 Å². The smallest absolute Gasteiger partial charge is 0.339 e. The summed E-state index contributed by atoms with van der Waals surface area (Å²) in [4.78, 5) is 42.0. The van der Waals surface area contributed by atoms with Gasteiger partial charge in [0.05, 0.1) is 35.0 Å². The number of carbonyl (C=O) groups is 3. The van der Waals surface area contributed by atoms with Gasteiger partial charge in [-0.25, -0.2) is 14.4 Å². The van der Waals surface area contributed by atoms with Gasteiger partial charge in [-0.3, -0.25) is 4.98 Å². The second-order valence-corrected chi connectivity index (χ2v) is 7.29. The molecule has 2 heterocycles. The van der Waals surface area contributed by atoms with Crippen LogP contribution in [0, 0.1) is 0 Å². The molecule has 2 amide bonds. The van der Waals surface area contributed by atoms with E-state index < -0.39 is 24.0 Å². The molecule has 2 aromatic rings. The standard InChI is InChI=1S/C22H23N3O5/c1-3-29-20(26)18-12(2)23-22(28)25-17(18)11-30-21(27)19-13-7-4-5-9-15(13)24-16-10-6-8-14(16)19/h4-5,7,9,12H,3,6,8,10-11H2,1-2H3,(H2,23,25,28)/t12-/m0/s1.